The first-order valence-electron chi connectivity index (χ1n) is 7.90. The van der Waals surface area contributed by atoms with Gasteiger partial charge in [0, 0.05) is 0 Å². The SMILES string of the molecule is Cc1cc(C)cc(OCc2ccc(C(=O)O/N=C(\N)c3cccs3)o2)c1. The molecule has 0 fully saturated rings. The van der Waals surface area contributed by atoms with E-state index in [-0.39, 0.29) is 18.2 Å². The molecule has 26 heavy (non-hydrogen) atoms. The number of hydrogen-bond donors (Lipinski definition) is 1. The summed E-state index contributed by atoms with van der Waals surface area (Å²) in [5, 5.41) is 5.48. The monoisotopic (exact) mass is 370 g/mol. The number of rotatable bonds is 6. The molecule has 0 aliphatic heterocycles. The number of amidine groups is 1. The number of carbonyl (C=O) groups excluding carboxylic acids is 1. The van der Waals surface area contributed by atoms with E-state index in [4.69, 9.17) is 19.7 Å². The molecule has 0 radical (unpaired) electrons. The van der Waals surface area contributed by atoms with Gasteiger partial charge in [-0.1, -0.05) is 17.3 Å². The Labute approximate surface area is 154 Å². The molecular weight excluding hydrogens is 352 g/mol. The van der Waals surface area contributed by atoms with Crippen molar-refractivity contribution in [3.63, 3.8) is 0 Å². The summed E-state index contributed by atoms with van der Waals surface area (Å²) < 4.78 is 11.1. The third kappa shape index (κ3) is 4.52. The average molecular weight is 370 g/mol. The molecule has 134 valence electrons. The van der Waals surface area contributed by atoms with Gasteiger partial charge in [-0.3, -0.25) is 0 Å². The zero-order valence-corrected chi connectivity index (χ0v) is 15.2. The third-order valence-electron chi connectivity index (χ3n) is 3.44. The number of thiophene rings is 1. The van der Waals surface area contributed by atoms with Gasteiger partial charge in [-0.25, -0.2) is 4.79 Å². The third-order valence-corrected chi connectivity index (χ3v) is 4.33. The Bertz CT molecular complexity index is 909. The molecule has 2 aromatic heterocycles. The summed E-state index contributed by atoms with van der Waals surface area (Å²) in [6.45, 7) is 4.21. The summed E-state index contributed by atoms with van der Waals surface area (Å²) in [5.74, 6) is 0.704. The Morgan fingerprint density at radius 3 is 2.65 bits per heavy atom. The van der Waals surface area contributed by atoms with Gasteiger partial charge in [-0.15, -0.1) is 11.3 Å². The fourth-order valence-corrected chi connectivity index (χ4v) is 2.96. The van der Waals surface area contributed by atoms with Crippen LogP contribution in [0.2, 0.25) is 0 Å². The fraction of sp³-hybridized carbons (Fsp3) is 0.158. The lowest BCUT2D eigenvalue weighted by Gasteiger charge is -2.06. The van der Waals surface area contributed by atoms with E-state index in [0.717, 1.165) is 21.8 Å². The molecule has 0 saturated heterocycles. The number of nitrogens with zero attached hydrogens (tertiary/aromatic N) is 1. The van der Waals surface area contributed by atoms with Crippen molar-refractivity contribution < 1.29 is 18.8 Å². The van der Waals surface area contributed by atoms with E-state index < -0.39 is 5.97 Å². The van der Waals surface area contributed by atoms with E-state index in [9.17, 15) is 4.79 Å². The second-order valence-electron chi connectivity index (χ2n) is 5.71. The van der Waals surface area contributed by atoms with Crippen LogP contribution >= 0.6 is 11.3 Å². The first kappa shape index (κ1) is 17.8. The lowest BCUT2D eigenvalue weighted by molar-refractivity contribution is 0.0475. The lowest BCUT2D eigenvalue weighted by Crippen LogP contribution is -2.13. The Balaban J connectivity index is 1.58. The quantitative estimate of drug-likeness (QED) is 0.306. The first-order chi connectivity index (χ1) is 12.5. The van der Waals surface area contributed by atoms with Gasteiger partial charge < -0.3 is 19.7 Å². The molecule has 3 aromatic rings. The number of oxime groups is 1. The summed E-state index contributed by atoms with van der Waals surface area (Å²) in [4.78, 5) is 17.5. The topological polar surface area (TPSA) is 87.0 Å². The number of benzene rings is 1. The molecule has 3 rings (SSSR count). The minimum absolute atomic E-state index is 0.0340. The summed E-state index contributed by atoms with van der Waals surface area (Å²) in [6.07, 6.45) is 0. The first-order valence-corrected chi connectivity index (χ1v) is 8.78. The van der Waals surface area contributed by atoms with Crippen molar-refractivity contribution in [2.45, 2.75) is 20.5 Å². The number of carbonyl (C=O) groups is 1. The molecule has 1 aromatic carbocycles. The van der Waals surface area contributed by atoms with Crippen LogP contribution in [0.1, 0.15) is 32.3 Å². The minimum atomic E-state index is -0.720. The zero-order valence-electron chi connectivity index (χ0n) is 14.4. The van der Waals surface area contributed by atoms with Gasteiger partial charge in [-0.2, -0.15) is 0 Å². The van der Waals surface area contributed by atoms with E-state index in [1.807, 2.05) is 37.4 Å². The van der Waals surface area contributed by atoms with E-state index in [0.29, 0.717) is 5.76 Å². The molecule has 0 spiro atoms. The van der Waals surface area contributed by atoms with Crippen LogP contribution in [-0.4, -0.2) is 11.8 Å². The highest BCUT2D eigenvalue weighted by molar-refractivity contribution is 7.12. The Hall–Kier alpha value is -3.06. The maximum absolute atomic E-state index is 12.0. The van der Waals surface area contributed by atoms with Crippen LogP contribution in [0, 0.1) is 13.8 Å². The van der Waals surface area contributed by atoms with Gasteiger partial charge in [0.05, 0.1) is 4.88 Å². The van der Waals surface area contributed by atoms with Crippen molar-refractivity contribution >= 4 is 23.1 Å². The van der Waals surface area contributed by atoms with Gasteiger partial charge in [-0.05, 0) is 60.7 Å². The molecule has 0 saturated carbocycles. The van der Waals surface area contributed by atoms with E-state index in [2.05, 4.69) is 11.2 Å². The van der Waals surface area contributed by atoms with E-state index in [1.165, 1.54) is 17.4 Å². The molecule has 0 bridgehead atoms. The number of furan rings is 1. The van der Waals surface area contributed by atoms with Crippen LogP contribution < -0.4 is 10.5 Å². The van der Waals surface area contributed by atoms with Crippen molar-refractivity contribution in [2.75, 3.05) is 0 Å². The second-order valence-corrected chi connectivity index (χ2v) is 6.66. The minimum Gasteiger partial charge on any atom is -0.486 e. The molecule has 2 N–H and O–H groups in total. The molecule has 2 heterocycles. The van der Waals surface area contributed by atoms with Gasteiger partial charge in [0.25, 0.3) is 0 Å². The van der Waals surface area contributed by atoms with Crippen molar-refractivity contribution in [1.82, 2.24) is 0 Å². The van der Waals surface area contributed by atoms with Crippen molar-refractivity contribution in [1.29, 1.82) is 0 Å². The Morgan fingerprint density at radius 2 is 1.96 bits per heavy atom. The average Bonchev–Trinajstić information content (AvgIpc) is 3.28. The van der Waals surface area contributed by atoms with Gasteiger partial charge >= 0.3 is 5.97 Å². The maximum atomic E-state index is 12.0. The molecule has 0 atom stereocenters. The smallest absolute Gasteiger partial charge is 0.400 e. The van der Waals surface area contributed by atoms with Gasteiger partial charge in [0.15, 0.2) is 5.84 Å². The molecule has 0 unspecified atom stereocenters. The van der Waals surface area contributed by atoms with Crippen LogP contribution in [0.5, 0.6) is 5.75 Å². The largest absolute Gasteiger partial charge is 0.486 e. The van der Waals surface area contributed by atoms with Crippen LogP contribution in [-0.2, 0) is 11.4 Å². The number of aryl methyl sites for hydroxylation is 2. The van der Waals surface area contributed by atoms with E-state index in [1.54, 1.807) is 12.1 Å². The molecule has 0 aliphatic carbocycles. The van der Waals surface area contributed by atoms with Crippen LogP contribution in [0.25, 0.3) is 0 Å². The normalized spacial score (nSPS) is 11.4. The Morgan fingerprint density at radius 1 is 1.19 bits per heavy atom. The van der Waals surface area contributed by atoms with Gasteiger partial charge in [0.1, 0.15) is 18.1 Å². The molecule has 6 nitrogen and oxygen atoms in total. The summed E-state index contributed by atoms with van der Waals surface area (Å²) in [7, 11) is 0. The highest BCUT2D eigenvalue weighted by Gasteiger charge is 2.14. The molecule has 0 aliphatic rings. The highest BCUT2D eigenvalue weighted by Crippen LogP contribution is 2.19. The fourth-order valence-electron chi connectivity index (χ4n) is 2.34. The molecule has 7 heteroatoms. The maximum Gasteiger partial charge on any atom is 0.400 e. The zero-order chi connectivity index (χ0) is 18.5. The Kier molecular flexibility index (Phi) is 5.38. The van der Waals surface area contributed by atoms with Crippen molar-refractivity contribution in [3.8, 4) is 5.75 Å². The van der Waals surface area contributed by atoms with Crippen LogP contribution in [0.4, 0.5) is 0 Å². The predicted octanol–water partition coefficient (Wildman–Crippen LogP) is 4.01. The van der Waals surface area contributed by atoms with Crippen LogP contribution in [0.15, 0.2) is 57.4 Å². The lowest BCUT2D eigenvalue weighted by atomic mass is 10.1. The summed E-state index contributed by atoms with van der Waals surface area (Å²) in [5.41, 5.74) is 7.97. The molecular formula is C19H18N2O4S. The van der Waals surface area contributed by atoms with Crippen LogP contribution in [0.3, 0.4) is 0 Å². The van der Waals surface area contributed by atoms with E-state index >= 15 is 0 Å². The summed E-state index contributed by atoms with van der Waals surface area (Å²) in [6, 6.07) is 12.7. The predicted molar refractivity (Wildman–Crippen MR) is 99.4 cm³/mol. The number of hydrogen-bond acceptors (Lipinski definition) is 6. The summed E-state index contributed by atoms with van der Waals surface area (Å²) >= 11 is 1.40. The van der Waals surface area contributed by atoms with Gasteiger partial charge in [0.2, 0.25) is 5.76 Å². The second kappa shape index (κ2) is 7.88. The van der Waals surface area contributed by atoms with Crippen molar-refractivity contribution in [2.24, 2.45) is 10.9 Å². The number of ether oxygens (including phenoxy) is 1. The molecule has 0 amide bonds. The highest BCUT2D eigenvalue weighted by atomic mass is 32.1. The van der Waals surface area contributed by atoms with Crippen molar-refractivity contribution in [3.05, 3.63) is 75.4 Å². The standard InChI is InChI=1S/C19H18N2O4S/c1-12-8-13(2)10-15(9-12)23-11-14-5-6-16(24-14)19(22)25-21-18(20)17-4-3-7-26-17/h3-10H,11H2,1-2H3,(H2,20,21). The number of nitrogens with two attached hydrogens (primary N) is 1.